The van der Waals surface area contributed by atoms with Crippen LogP contribution in [0.1, 0.15) is 135 Å². The van der Waals surface area contributed by atoms with Gasteiger partial charge >= 0.3 is 29.8 Å². The molecule has 0 saturated heterocycles. The van der Waals surface area contributed by atoms with E-state index in [4.69, 9.17) is 36.0 Å². The summed E-state index contributed by atoms with van der Waals surface area (Å²) >= 11 is 0. The lowest BCUT2D eigenvalue weighted by atomic mass is 10.0. The molecule has 746 valence electrons. The van der Waals surface area contributed by atoms with Gasteiger partial charge < -0.3 is 146 Å². The second-order valence-corrected chi connectivity index (χ2v) is 34.9. The fraction of sp³-hybridized carbons (Fsp3) is 0.314. The van der Waals surface area contributed by atoms with E-state index in [1.165, 1.54) is 0 Å². The van der Waals surface area contributed by atoms with Crippen molar-refractivity contribution in [3.63, 3.8) is 0 Å². The number of carboxylic acid groups (broad SMARTS) is 5. The Morgan fingerprint density at radius 2 is 0.603 bits per heavy atom. The van der Waals surface area contributed by atoms with Gasteiger partial charge in [0.05, 0.1) is 35.1 Å². The normalized spacial score (nSPS) is 11.8. The molecule has 10 aromatic heterocycles. The number of nitrogens with one attached hydrogen (secondary N) is 11. The zero-order chi connectivity index (χ0) is 103. The molecule has 39 heteroatoms. The molecule has 15 rings (SSSR count). The standard InChI is InChI=1S/C21H26N4O4.C21H25N3O5.C21H25N3O4.C20H24N4O4.C19H22N4O4/c1-12-18(23-20(27)17(19(12)26)21(28)29)13-5-6-16-14(9-13)10-15(25(16)4)11-22-7-8-24(2)3;1-11(10-29-4)22-9-15-8-14-7-13(5-6-16(14)24(15)3)18-12(2)19(25)17(21(27)28)20(26)23-18;1-5-11(2)22-10-15-9-14-8-13(6-7-16(14)24(15)4)18-12(3)19(25)17(21(27)28)20(26)23-18;1-11-17(23-19(26)16(18(11)25)20(27)28)12-4-5-15-13(8-12)9-14(24(15)3)10-22-7-6-21-2;1-10-16(22-18(25)15(17(10)24)19(26)27)11-3-4-14-12(7-11)8-13(23(14)2)9-21-6-5-20/h5-6,9-10,22H,7-8,11H2,1-4H3,(H,28,29)(H2,23,26,27);5-8,11,22H,9-10H2,1-4H3,(H,27,28)(H2,23,25,26);6-9,11,22H,5,10H2,1-4H3,(H,27,28)(H2,23,25,26);4-5,8-9,21-22H,6-7,10H2,1-3H3,(H,27,28)(H2,23,25,26);3-4,7-8,21H,5-6,9,20H2,1-2H3,(H,26,27)(H2,22,24,25). The second kappa shape index (κ2) is 45.9. The van der Waals surface area contributed by atoms with Gasteiger partial charge in [0.1, 0.15) is 28.7 Å². The van der Waals surface area contributed by atoms with E-state index in [-0.39, 0.29) is 6.04 Å². The van der Waals surface area contributed by atoms with Crippen LogP contribution >= 0.6 is 0 Å². The van der Waals surface area contributed by atoms with Crippen molar-refractivity contribution in [3.05, 3.63) is 257 Å². The van der Waals surface area contributed by atoms with Gasteiger partial charge in [-0.25, -0.2) is 24.0 Å². The van der Waals surface area contributed by atoms with E-state index >= 15 is 0 Å². The Morgan fingerprint density at radius 3 is 0.823 bits per heavy atom. The first-order valence-electron chi connectivity index (χ1n) is 45.3. The highest BCUT2D eigenvalue weighted by Crippen LogP contribution is 2.38. The summed E-state index contributed by atoms with van der Waals surface area (Å²) in [6.45, 7) is 23.3. The number of pyridine rings is 5. The molecule has 2 unspecified atom stereocenters. The highest BCUT2D eigenvalue weighted by atomic mass is 16.5. The van der Waals surface area contributed by atoms with E-state index in [1.807, 2.05) is 153 Å². The number of aromatic amines is 5. The summed E-state index contributed by atoms with van der Waals surface area (Å²) in [6, 6.07) is 39.5. The van der Waals surface area contributed by atoms with Crippen LogP contribution in [0.4, 0.5) is 0 Å². The first-order chi connectivity index (χ1) is 66.9. The van der Waals surface area contributed by atoms with Crippen LogP contribution in [0.2, 0.25) is 0 Å². The molecule has 0 spiro atoms. The number of carbonyl (C=O) groups is 5. The number of methoxy groups -OCH3 is 1. The third-order valence-electron chi connectivity index (χ3n) is 25.2. The predicted octanol–water partition coefficient (Wildman–Crippen LogP) is 10.3. The molecule has 0 aliphatic rings. The molecular weight excluding hydrogens is 1810 g/mol. The van der Waals surface area contributed by atoms with E-state index < -0.39 is 114 Å². The summed E-state index contributed by atoms with van der Waals surface area (Å²) in [7, 11) is 17.6. The van der Waals surface area contributed by atoms with E-state index in [1.54, 1.807) is 41.7 Å². The number of nitrogens with two attached hydrogens (primary N) is 1. The molecule has 39 nitrogen and oxygen atoms in total. The van der Waals surface area contributed by atoms with E-state index in [9.17, 15) is 73.5 Å². The van der Waals surface area contributed by atoms with Crippen molar-refractivity contribution >= 4 is 84.4 Å². The molecule has 0 bridgehead atoms. The van der Waals surface area contributed by atoms with Crippen molar-refractivity contribution in [1.29, 1.82) is 0 Å². The molecule has 5 aromatic carbocycles. The number of aromatic hydroxyl groups is 5. The number of nitrogens with zero attached hydrogens (tertiary/aromatic N) is 6. The zero-order valence-corrected chi connectivity index (χ0v) is 81.6. The number of fused-ring (bicyclic) bond motifs is 5. The Morgan fingerprint density at radius 1 is 0.369 bits per heavy atom. The quantitative estimate of drug-likeness (QED) is 0.0170. The average molecular weight is 1940 g/mol. The maximum Gasteiger partial charge on any atom is 0.345 e. The minimum Gasteiger partial charge on any atom is -0.506 e. The zero-order valence-electron chi connectivity index (χ0n) is 81.6. The van der Waals surface area contributed by atoms with Crippen molar-refractivity contribution in [3.8, 4) is 85.0 Å². The number of hydrogen-bond donors (Lipinski definition) is 22. The number of benzene rings is 5. The minimum absolute atomic E-state index is 0.219. The lowest BCUT2D eigenvalue weighted by Crippen LogP contribution is -2.30. The van der Waals surface area contributed by atoms with Crippen LogP contribution in [0.5, 0.6) is 28.7 Å². The molecule has 0 fully saturated rings. The monoisotopic (exact) mass is 1930 g/mol. The average Bonchev–Trinajstić information content (AvgIpc) is 1.72. The van der Waals surface area contributed by atoms with Gasteiger partial charge in [-0.2, -0.15) is 0 Å². The van der Waals surface area contributed by atoms with E-state index in [0.29, 0.717) is 116 Å². The largest absolute Gasteiger partial charge is 0.506 e. The maximum atomic E-state index is 12.1. The molecule has 0 amide bonds. The molecule has 10 heterocycles. The number of carboxylic acids is 5. The number of rotatable bonds is 33. The van der Waals surface area contributed by atoms with Crippen LogP contribution in [0.25, 0.3) is 111 Å². The van der Waals surface area contributed by atoms with E-state index in [0.717, 1.165) is 142 Å². The van der Waals surface area contributed by atoms with Gasteiger partial charge in [-0.05, 0) is 195 Å². The number of H-pyrrole nitrogens is 5. The molecule has 141 heavy (non-hydrogen) atoms. The summed E-state index contributed by atoms with van der Waals surface area (Å²) < 4.78 is 15.6. The predicted molar refractivity (Wildman–Crippen MR) is 543 cm³/mol. The summed E-state index contributed by atoms with van der Waals surface area (Å²) in [4.78, 5) is 132. The number of aryl methyl sites for hydroxylation is 5. The molecule has 2 atom stereocenters. The smallest absolute Gasteiger partial charge is 0.345 e. The van der Waals surface area contributed by atoms with Crippen molar-refractivity contribution in [2.45, 2.75) is 107 Å². The third-order valence-corrected chi connectivity index (χ3v) is 25.2. The van der Waals surface area contributed by atoms with Crippen LogP contribution in [0, 0.1) is 34.6 Å². The highest BCUT2D eigenvalue weighted by Gasteiger charge is 2.28. The van der Waals surface area contributed by atoms with Crippen LogP contribution in [0.3, 0.4) is 0 Å². The molecule has 0 aliphatic heterocycles. The number of aromatic carboxylic acids is 5. The topological polar surface area (TPSA) is 587 Å². The number of hydrogen-bond acceptors (Lipinski definition) is 24. The summed E-state index contributed by atoms with van der Waals surface area (Å²) in [5.74, 6) is -9.83. The highest BCUT2D eigenvalue weighted by molar-refractivity contribution is 5.98. The van der Waals surface area contributed by atoms with Gasteiger partial charge in [0, 0.05) is 237 Å². The van der Waals surface area contributed by atoms with Gasteiger partial charge in [0.2, 0.25) is 0 Å². The van der Waals surface area contributed by atoms with Gasteiger partial charge in [0.15, 0.2) is 27.8 Å². The Bertz CT molecular complexity index is 7600. The van der Waals surface area contributed by atoms with Crippen molar-refractivity contribution in [2.24, 2.45) is 41.0 Å². The fourth-order valence-corrected chi connectivity index (χ4v) is 16.8. The lowest BCUT2D eigenvalue weighted by molar-refractivity contribution is 0.0680. The first kappa shape index (κ1) is 106. The van der Waals surface area contributed by atoms with Crippen molar-refractivity contribution in [1.82, 2.24) is 84.6 Å². The first-order valence-corrected chi connectivity index (χ1v) is 45.3. The Hall–Kier alpha value is -15.5. The SMILES string of the molecule is CCC(C)NCc1cc2cc(-c3[nH]c(=O)c(C(=O)O)c(O)c3C)ccc2n1C.CNCCNCc1cc2cc(-c3[nH]c(=O)c(C(=O)O)c(O)c3C)ccc2n1C.COCC(C)NCc1cc2cc(-c3[nH]c(=O)c(C(=O)O)c(O)c3C)ccc2n1C.Cc1c(-c2ccc3c(c2)cc(CNCCN(C)C)n3C)[nH]c(=O)c(C(=O)O)c1O.Cc1c(-c2ccc3c(c2)cc(CNCCN)n3C)[nH]c(=O)c(C(=O)O)c1O. The molecule has 0 aliphatic carbocycles. The summed E-state index contributed by atoms with van der Waals surface area (Å²) in [5.41, 5.74) is 16.0. The Kier molecular flexibility index (Phi) is 34.5. The number of aromatic nitrogens is 10. The Labute approximate surface area is 808 Å². The Balaban J connectivity index is 0.000000168. The van der Waals surface area contributed by atoms with Crippen molar-refractivity contribution in [2.75, 3.05) is 74.1 Å². The molecular formula is C102H122N18O21. The molecule has 0 radical (unpaired) electrons. The number of likely N-dealkylation sites (N-methyl/N-ethyl adjacent to an activating group) is 2. The van der Waals surface area contributed by atoms with Gasteiger partial charge in [0.25, 0.3) is 27.8 Å². The summed E-state index contributed by atoms with van der Waals surface area (Å²) in [5, 5.41) is 121. The maximum absolute atomic E-state index is 12.1. The van der Waals surface area contributed by atoms with Crippen LogP contribution < -0.4 is 65.4 Å². The molecule has 15 aromatic rings. The minimum atomic E-state index is -1.46. The second-order valence-electron chi connectivity index (χ2n) is 34.9. The van der Waals surface area contributed by atoms with Crippen LogP contribution in [-0.4, -0.2) is 220 Å². The van der Waals surface area contributed by atoms with E-state index in [2.05, 4.69) is 130 Å². The summed E-state index contributed by atoms with van der Waals surface area (Å²) in [6.07, 6.45) is 1.05. The van der Waals surface area contributed by atoms with Gasteiger partial charge in [-0.3, -0.25) is 24.0 Å². The van der Waals surface area contributed by atoms with Crippen LogP contribution in [-0.2, 0) is 72.7 Å². The van der Waals surface area contributed by atoms with Crippen LogP contribution in [0.15, 0.2) is 145 Å². The molecule has 23 N–H and O–H groups in total. The lowest BCUT2D eigenvalue weighted by Gasteiger charge is -2.13. The van der Waals surface area contributed by atoms with Crippen molar-refractivity contribution < 1.29 is 79.8 Å². The number of ether oxygens (including phenoxy) is 1. The fourth-order valence-electron chi connectivity index (χ4n) is 16.8. The van der Waals surface area contributed by atoms with Gasteiger partial charge in [-0.1, -0.05) is 37.3 Å². The van der Waals surface area contributed by atoms with Gasteiger partial charge in [-0.15, -0.1) is 0 Å². The molecule has 0 saturated carbocycles. The third kappa shape index (κ3) is 23.4.